The first kappa shape index (κ1) is 10.7. The fourth-order valence-electron chi connectivity index (χ4n) is 0.834. The Balaban J connectivity index is 2.90. The van der Waals surface area contributed by atoms with E-state index in [9.17, 15) is 13.9 Å². The van der Waals surface area contributed by atoms with E-state index in [-0.39, 0.29) is 5.56 Å². The van der Waals surface area contributed by atoms with Crippen LogP contribution in [0.15, 0.2) is 24.3 Å². The number of hydrogen-bond acceptors (Lipinski definition) is 1. The van der Waals surface area contributed by atoms with Crippen LogP contribution >= 0.6 is 23.2 Å². The molecule has 0 amide bonds. The Labute approximate surface area is 83.9 Å². The van der Waals surface area contributed by atoms with E-state index in [0.717, 1.165) is 12.1 Å². The highest BCUT2D eigenvalue weighted by Gasteiger charge is 2.34. The Morgan fingerprint density at radius 1 is 1.23 bits per heavy atom. The van der Waals surface area contributed by atoms with Gasteiger partial charge in [-0.3, -0.25) is 0 Å². The van der Waals surface area contributed by atoms with Crippen molar-refractivity contribution in [3.8, 4) is 0 Å². The third kappa shape index (κ3) is 2.79. The van der Waals surface area contributed by atoms with E-state index < -0.39 is 16.5 Å². The SMILES string of the molecule is OC(c1ccc(F)cc1)C(F)(Cl)Cl. The van der Waals surface area contributed by atoms with Gasteiger partial charge in [0.1, 0.15) is 11.9 Å². The van der Waals surface area contributed by atoms with E-state index in [2.05, 4.69) is 0 Å². The van der Waals surface area contributed by atoms with E-state index in [1.54, 1.807) is 0 Å². The maximum atomic E-state index is 12.8. The summed E-state index contributed by atoms with van der Waals surface area (Å²) in [5.74, 6) is -0.482. The number of hydrogen-bond donors (Lipinski definition) is 1. The molecule has 0 saturated heterocycles. The molecule has 1 aromatic rings. The monoisotopic (exact) mass is 226 g/mol. The summed E-state index contributed by atoms with van der Waals surface area (Å²) in [6, 6.07) is 4.58. The molecule has 13 heavy (non-hydrogen) atoms. The highest BCUT2D eigenvalue weighted by molar-refractivity contribution is 6.47. The standard InChI is InChI=1S/C8H6Cl2F2O/c9-8(10,12)7(13)5-1-3-6(11)4-2-5/h1-4,7,13H. The molecule has 0 aliphatic carbocycles. The number of halogens is 4. The number of aliphatic hydroxyl groups is 1. The summed E-state index contributed by atoms with van der Waals surface area (Å²) < 4.78 is 22.4. The highest BCUT2D eigenvalue weighted by Crippen LogP contribution is 2.36. The number of benzene rings is 1. The van der Waals surface area contributed by atoms with Gasteiger partial charge >= 0.3 is 0 Å². The zero-order valence-corrected chi connectivity index (χ0v) is 7.86. The first-order valence-corrected chi connectivity index (χ1v) is 4.17. The van der Waals surface area contributed by atoms with Crippen LogP contribution in [0.4, 0.5) is 8.78 Å². The lowest BCUT2D eigenvalue weighted by Crippen LogP contribution is -2.17. The fourth-order valence-corrected chi connectivity index (χ4v) is 1.09. The lowest BCUT2D eigenvalue weighted by atomic mass is 10.1. The smallest absolute Gasteiger partial charge is 0.287 e. The lowest BCUT2D eigenvalue weighted by Gasteiger charge is -2.17. The molecule has 0 spiro atoms. The van der Waals surface area contributed by atoms with E-state index in [1.807, 2.05) is 0 Å². The van der Waals surface area contributed by atoms with Crippen LogP contribution < -0.4 is 0 Å². The molecule has 1 atom stereocenters. The van der Waals surface area contributed by atoms with Crippen LogP contribution in [-0.2, 0) is 0 Å². The number of alkyl halides is 3. The second-order valence-corrected chi connectivity index (χ2v) is 3.79. The quantitative estimate of drug-likeness (QED) is 0.770. The van der Waals surface area contributed by atoms with Gasteiger partial charge in [0.15, 0.2) is 0 Å². The van der Waals surface area contributed by atoms with Crippen molar-refractivity contribution in [2.24, 2.45) is 0 Å². The Bertz CT molecular complexity index is 281. The third-order valence-corrected chi connectivity index (χ3v) is 1.91. The summed E-state index contributed by atoms with van der Waals surface area (Å²) in [7, 11) is 0. The van der Waals surface area contributed by atoms with Gasteiger partial charge in [0.25, 0.3) is 4.59 Å². The normalized spacial score (nSPS) is 14.2. The second kappa shape index (κ2) is 3.78. The van der Waals surface area contributed by atoms with Crippen LogP contribution in [0, 0.1) is 5.82 Å². The average Bonchev–Trinajstić information content (AvgIpc) is 2.03. The van der Waals surface area contributed by atoms with Crippen LogP contribution in [0.2, 0.25) is 0 Å². The molecule has 0 saturated carbocycles. The molecule has 0 aliphatic heterocycles. The first-order valence-electron chi connectivity index (χ1n) is 3.41. The van der Waals surface area contributed by atoms with Gasteiger partial charge in [0.2, 0.25) is 0 Å². The molecule has 5 heteroatoms. The summed E-state index contributed by atoms with van der Waals surface area (Å²) in [6.45, 7) is 0. The van der Waals surface area contributed by atoms with Crippen molar-refractivity contribution in [1.29, 1.82) is 0 Å². The molecule has 1 rings (SSSR count). The zero-order valence-electron chi connectivity index (χ0n) is 6.35. The second-order valence-electron chi connectivity index (χ2n) is 2.50. The Morgan fingerprint density at radius 2 is 1.69 bits per heavy atom. The summed E-state index contributed by atoms with van der Waals surface area (Å²) in [6.07, 6.45) is -1.68. The van der Waals surface area contributed by atoms with Crippen molar-refractivity contribution in [1.82, 2.24) is 0 Å². The number of aliphatic hydroxyl groups excluding tert-OH is 1. The predicted molar refractivity (Wildman–Crippen MR) is 46.9 cm³/mol. The zero-order chi connectivity index (χ0) is 10.1. The minimum absolute atomic E-state index is 0.119. The van der Waals surface area contributed by atoms with Gasteiger partial charge in [-0.05, 0) is 17.7 Å². The van der Waals surface area contributed by atoms with Crippen LogP contribution in [0.1, 0.15) is 11.7 Å². The summed E-state index contributed by atoms with van der Waals surface area (Å²) in [5.41, 5.74) is 0.119. The van der Waals surface area contributed by atoms with Crippen molar-refractivity contribution in [2.75, 3.05) is 0 Å². The van der Waals surface area contributed by atoms with Crippen molar-refractivity contribution < 1.29 is 13.9 Å². The van der Waals surface area contributed by atoms with Crippen LogP contribution in [-0.4, -0.2) is 9.69 Å². The van der Waals surface area contributed by atoms with Crippen molar-refractivity contribution in [2.45, 2.75) is 10.7 Å². The van der Waals surface area contributed by atoms with Crippen molar-refractivity contribution in [3.63, 3.8) is 0 Å². The van der Waals surface area contributed by atoms with Gasteiger partial charge in [0, 0.05) is 0 Å². The Hall–Kier alpha value is -0.380. The molecular weight excluding hydrogens is 221 g/mol. The van der Waals surface area contributed by atoms with E-state index in [4.69, 9.17) is 23.2 Å². The molecule has 0 radical (unpaired) electrons. The molecular formula is C8H6Cl2F2O. The Morgan fingerprint density at radius 3 is 2.08 bits per heavy atom. The van der Waals surface area contributed by atoms with Gasteiger partial charge in [-0.15, -0.1) is 0 Å². The van der Waals surface area contributed by atoms with E-state index in [1.165, 1.54) is 12.1 Å². The molecule has 72 valence electrons. The topological polar surface area (TPSA) is 20.2 Å². The molecule has 1 nitrogen and oxygen atoms in total. The van der Waals surface area contributed by atoms with Crippen molar-refractivity contribution >= 4 is 23.2 Å². The molecule has 1 unspecified atom stereocenters. The largest absolute Gasteiger partial charge is 0.382 e. The lowest BCUT2D eigenvalue weighted by molar-refractivity contribution is 0.0979. The van der Waals surface area contributed by atoms with Gasteiger partial charge in [-0.1, -0.05) is 35.3 Å². The molecule has 0 heterocycles. The molecule has 0 aromatic heterocycles. The molecule has 0 fully saturated rings. The highest BCUT2D eigenvalue weighted by atomic mass is 35.5. The first-order chi connectivity index (χ1) is 5.91. The Kier molecular flexibility index (Phi) is 3.11. The van der Waals surface area contributed by atoms with E-state index in [0.29, 0.717) is 0 Å². The summed E-state index contributed by atoms with van der Waals surface area (Å²) in [4.78, 5) is 0. The molecule has 0 aliphatic rings. The predicted octanol–water partition coefficient (Wildman–Crippen LogP) is 2.96. The number of rotatable bonds is 2. The minimum Gasteiger partial charge on any atom is -0.382 e. The van der Waals surface area contributed by atoms with Gasteiger partial charge < -0.3 is 5.11 Å². The third-order valence-electron chi connectivity index (χ3n) is 1.50. The van der Waals surface area contributed by atoms with Gasteiger partial charge in [0.05, 0.1) is 0 Å². The van der Waals surface area contributed by atoms with Gasteiger partial charge in [-0.2, -0.15) is 0 Å². The summed E-state index contributed by atoms with van der Waals surface area (Å²) >= 11 is 10.0. The van der Waals surface area contributed by atoms with Crippen LogP contribution in [0.5, 0.6) is 0 Å². The molecule has 0 bridgehead atoms. The van der Waals surface area contributed by atoms with Crippen LogP contribution in [0.3, 0.4) is 0 Å². The molecule has 1 N–H and O–H groups in total. The maximum Gasteiger partial charge on any atom is 0.287 e. The van der Waals surface area contributed by atoms with Crippen LogP contribution in [0.25, 0.3) is 0 Å². The minimum atomic E-state index is -2.77. The summed E-state index contributed by atoms with van der Waals surface area (Å²) in [5, 5.41) is 9.19. The van der Waals surface area contributed by atoms with Gasteiger partial charge in [-0.25, -0.2) is 8.78 Å². The van der Waals surface area contributed by atoms with Crippen molar-refractivity contribution in [3.05, 3.63) is 35.6 Å². The molecule has 1 aromatic carbocycles. The fraction of sp³-hybridized carbons (Fsp3) is 0.250. The van der Waals surface area contributed by atoms with E-state index >= 15 is 0 Å². The maximum absolute atomic E-state index is 12.8. The average molecular weight is 227 g/mol.